The summed E-state index contributed by atoms with van der Waals surface area (Å²) in [6, 6.07) is 7.75. The first kappa shape index (κ1) is 16.7. The number of hydrogen-bond donors (Lipinski definition) is 2. The van der Waals surface area contributed by atoms with Crippen LogP contribution in [0.1, 0.15) is 18.2 Å². The fourth-order valence-electron chi connectivity index (χ4n) is 2.14. The minimum atomic E-state index is -0.0614. The molecule has 0 spiro atoms. The van der Waals surface area contributed by atoms with Gasteiger partial charge in [0.15, 0.2) is 0 Å². The van der Waals surface area contributed by atoms with Gasteiger partial charge in [0.2, 0.25) is 0 Å². The molecule has 0 aliphatic heterocycles. The Balaban J connectivity index is 2.19. The average Bonchev–Trinajstić information content (AvgIpc) is 2.86. The molecule has 1 aromatic carbocycles. The molecule has 0 amide bonds. The molecule has 2 rings (SSSR count). The van der Waals surface area contributed by atoms with Gasteiger partial charge in [-0.25, -0.2) is 0 Å². The lowest BCUT2D eigenvalue weighted by atomic mass is 10.1. The number of likely N-dealkylation sites (N-methyl/N-ethyl adjacent to an activating group) is 1. The van der Waals surface area contributed by atoms with E-state index in [-0.39, 0.29) is 11.5 Å². The van der Waals surface area contributed by atoms with Crippen LogP contribution in [0.3, 0.4) is 0 Å². The van der Waals surface area contributed by atoms with Crippen molar-refractivity contribution in [1.29, 1.82) is 0 Å². The maximum Gasteiger partial charge on any atom is 0.305 e. The van der Waals surface area contributed by atoms with Gasteiger partial charge in [-0.15, -0.1) is 0 Å². The van der Waals surface area contributed by atoms with Crippen molar-refractivity contribution < 1.29 is 9.84 Å². The fraction of sp³-hybridized carbons (Fsp3) is 0.438. The molecule has 0 aliphatic carbocycles. The summed E-state index contributed by atoms with van der Waals surface area (Å²) in [5.74, 6) is 0.835. The standard InChI is InChI=1S/C16H22N2O3S/c1-3-10-21-13-6-4-12(5-7-13)15-14(22-16(20)17-15)11-18(2)8-9-19/h4-7,19H,3,8-11H2,1-2H3,(H,17,20). The van der Waals surface area contributed by atoms with Crippen LogP contribution in [0.25, 0.3) is 11.3 Å². The summed E-state index contributed by atoms with van der Waals surface area (Å²) >= 11 is 1.22. The summed E-state index contributed by atoms with van der Waals surface area (Å²) in [7, 11) is 1.92. The molecular weight excluding hydrogens is 300 g/mol. The summed E-state index contributed by atoms with van der Waals surface area (Å²) in [6.07, 6.45) is 0.973. The van der Waals surface area contributed by atoms with Crippen LogP contribution in [0.4, 0.5) is 0 Å². The Morgan fingerprint density at radius 1 is 1.32 bits per heavy atom. The normalized spacial score (nSPS) is 11.1. The summed E-state index contributed by atoms with van der Waals surface area (Å²) < 4.78 is 5.57. The second kappa shape index (κ2) is 8.12. The van der Waals surface area contributed by atoms with Crippen LogP contribution in [-0.2, 0) is 6.54 Å². The molecular formula is C16H22N2O3S. The molecule has 0 atom stereocenters. The number of rotatable bonds is 8. The van der Waals surface area contributed by atoms with Gasteiger partial charge in [0.25, 0.3) is 0 Å². The van der Waals surface area contributed by atoms with Gasteiger partial charge < -0.3 is 14.8 Å². The molecule has 0 aliphatic rings. The van der Waals surface area contributed by atoms with E-state index in [1.54, 1.807) is 0 Å². The number of nitrogens with zero attached hydrogens (tertiary/aromatic N) is 1. The van der Waals surface area contributed by atoms with E-state index in [2.05, 4.69) is 11.9 Å². The largest absolute Gasteiger partial charge is 0.494 e. The van der Waals surface area contributed by atoms with Crippen LogP contribution in [0.15, 0.2) is 29.1 Å². The van der Waals surface area contributed by atoms with Crippen LogP contribution in [0.2, 0.25) is 0 Å². The first-order chi connectivity index (χ1) is 10.6. The van der Waals surface area contributed by atoms with E-state index in [4.69, 9.17) is 9.84 Å². The van der Waals surface area contributed by atoms with E-state index >= 15 is 0 Å². The Hall–Kier alpha value is -1.63. The smallest absolute Gasteiger partial charge is 0.305 e. The number of nitrogens with one attached hydrogen (secondary N) is 1. The molecule has 2 N–H and O–H groups in total. The lowest BCUT2D eigenvalue weighted by molar-refractivity contribution is 0.218. The van der Waals surface area contributed by atoms with E-state index < -0.39 is 0 Å². The Labute approximate surface area is 134 Å². The number of aromatic amines is 1. The number of benzene rings is 1. The molecule has 0 fully saturated rings. The van der Waals surface area contributed by atoms with Gasteiger partial charge in [0, 0.05) is 18.0 Å². The second-order valence-electron chi connectivity index (χ2n) is 5.15. The van der Waals surface area contributed by atoms with Gasteiger partial charge in [0.1, 0.15) is 5.75 Å². The van der Waals surface area contributed by atoms with E-state index in [9.17, 15) is 4.79 Å². The number of H-pyrrole nitrogens is 1. The molecule has 0 saturated carbocycles. The zero-order chi connectivity index (χ0) is 15.9. The number of hydrogen-bond acceptors (Lipinski definition) is 5. The average molecular weight is 322 g/mol. The van der Waals surface area contributed by atoms with Gasteiger partial charge in [0.05, 0.1) is 18.9 Å². The first-order valence-corrected chi connectivity index (χ1v) is 8.20. The van der Waals surface area contributed by atoms with Crippen molar-refractivity contribution in [2.75, 3.05) is 26.8 Å². The summed E-state index contributed by atoms with van der Waals surface area (Å²) in [6.45, 7) is 4.09. The number of thiazole rings is 1. The van der Waals surface area contributed by atoms with Gasteiger partial charge in [-0.2, -0.15) is 0 Å². The molecule has 5 nitrogen and oxygen atoms in total. The van der Waals surface area contributed by atoms with E-state index in [0.717, 1.165) is 28.3 Å². The predicted molar refractivity (Wildman–Crippen MR) is 89.6 cm³/mol. The summed E-state index contributed by atoms with van der Waals surface area (Å²) in [4.78, 5) is 17.5. The number of aliphatic hydroxyl groups excluding tert-OH is 1. The van der Waals surface area contributed by atoms with Crippen LogP contribution < -0.4 is 9.61 Å². The summed E-state index contributed by atoms with van der Waals surface area (Å²) in [5, 5.41) is 8.99. The number of ether oxygens (including phenoxy) is 1. The molecule has 6 heteroatoms. The third kappa shape index (κ3) is 4.43. The highest BCUT2D eigenvalue weighted by molar-refractivity contribution is 7.09. The maximum absolute atomic E-state index is 11.7. The minimum Gasteiger partial charge on any atom is -0.494 e. The molecule has 0 saturated heterocycles. The molecule has 120 valence electrons. The van der Waals surface area contributed by atoms with Crippen LogP contribution in [0, 0.1) is 0 Å². The van der Waals surface area contributed by atoms with Crippen molar-refractivity contribution >= 4 is 11.3 Å². The zero-order valence-corrected chi connectivity index (χ0v) is 13.8. The molecule has 0 radical (unpaired) electrons. The number of aromatic nitrogens is 1. The molecule has 0 bridgehead atoms. The Bertz CT molecular complexity index is 634. The van der Waals surface area contributed by atoms with Crippen LogP contribution >= 0.6 is 11.3 Å². The van der Waals surface area contributed by atoms with Crippen molar-refractivity contribution in [1.82, 2.24) is 9.88 Å². The first-order valence-electron chi connectivity index (χ1n) is 7.38. The van der Waals surface area contributed by atoms with Crippen molar-refractivity contribution in [2.45, 2.75) is 19.9 Å². The van der Waals surface area contributed by atoms with Crippen molar-refractivity contribution in [2.24, 2.45) is 0 Å². The molecule has 22 heavy (non-hydrogen) atoms. The topological polar surface area (TPSA) is 65.6 Å². The van der Waals surface area contributed by atoms with E-state index in [1.807, 2.05) is 36.2 Å². The zero-order valence-electron chi connectivity index (χ0n) is 13.0. The monoisotopic (exact) mass is 322 g/mol. The van der Waals surface area contributed by atoms with Crippen molar-refractivity contribution in [3.8, 4) is 17.0 Å². The number of aliphatic hydroxyl groups is 1. The Kier molecular flexibility index (Phi) is 6.18. The lowest BCUT2D eigenvalue weighted by Gasteiger charge is -2.14. The quantitative estimate of drug-likeness (QED) is 0.783. The Morgan fingerprint density at radius 3 is 2.68 bits per heavy atom. The molecule has 1 heterocycles. The highest BCUT2D eigenvalue weighted by Crippen LogP contribution is 2.26. The lowest BCUT2D eigenvalue weighted by Crippen LogP contribution is -2.21. The van der Waals surface area contributed by atoms with Crippen LogP contribution in [-0.4, -0.2) is 41.8 Å². The Morgan fingerprint density at radius 2 is 2.05 bits per heavy atom. The molecule has 2 aromatic rings. The minimum absolute atomic E-state index is 0.0614. The highest BCUT2D eigenvalue weighted by atomic mass is 32.1. The van der Waals surface area contributed by atoms with Crippen molar-refractivity contribution in [3.63, 3.8) is 0 Å². The third-order valence-corrected chi connectivity index (χ3v) is 4.10. The fourth-order valence-corrected chi connectivity index (χ4v) is 3.07. The molecule has 0 unspecified atom stereocenters. The van der Waals surface area contributed by atoms with Crippen LogP contribution in [0.5, 0.6) is 5.75 Å². The van der Waals surface area contributed by atoms with Crippen molar-refractivity contribution in [3.05, 3.63) is 38.8 Å². The van der Waals surface area contributed by atoms with Gasteiger partial charge in [-0.3, -0.25) is 9.69 Å². The summed E-state index contributed by atoms with van der Waals surface area (Å²) in [5.41, 5.74) is 1.82. The highest BCUT2D eigenvalue weighted by Gasteiger charge is 2.12. The van der Waals surface area contributed by atoms with Gasteiger partial charge in [-0.05, 0) is 43.3 Å². The SMILES string of the molecule is CCCOc1ccc(-c2[nH]c(=O)sc2CN(C)CCO)cc1. The van der Waals surface area contributed by atoms with Gasteiger partial charge >= 0.3 is 4.87 Å². The van der Waals surface area contributed by atoms with Gasteiger partial charge in [-0.1, -0.05) is 18.3 Å². The molecule has 1 aromatic heterocycles. The maximum atomic E-state index is 11.7. The third-order valence-electron chi connectivity index (χ3n) is 3.23. The predicted octanol–water partition coefficient (Wildman–Crippen LogP) is 2.32. The van der Waals surface area contributed by atoms with E-state index in [0.29, 0.717) is 19.7 Å². The van der Waals surface area contributed by atoms with E-state index in [1.165, 1.54) is 11.3 Å². The second-order valence-corrected chi connectivity index (χ2v) is 6.21.